The van der Waals surface area contributed by atoms with Gasteiger partial charge in [0.1, 0.15) is 5.75 Å². The number of aryl methyl sites for hydroxylation is 1. The number of hydrogen-bond donors (Lipinski definition) is 2. The number of carbonyl (C=O) groups is 1. The quantitative estimate of drug-likeness (QED) is 0.885. The summed E-state index contributed by atoms with van der Waals surface area (Å²) in [6.07, 6.45) is 1.90. The maximum atomic E-state index is 12.0. The van der Waals surface area contributed by atoms with Gasteiger partial charge in [-0.2, -0.15) is 0 Å². The maximum Gasteiger partial charge on any atom is 0.241 e. The molecule has 0 spiro atoms. The lowest BCUT2D eigenvalue weighted by Gasteiger charge is -2.15. The van der Waals surface area contributed by atoms with Crippen molar-refractivity contribution in [2.75, 3.05) is 19.0 Å². The highest BCUT2D eigenvalue weighted by molar-refractivity contribution is 6.31. The van der Waals surface area contributed by atoms with Gasteiger partial charge in [-0.25, -0.2) is 0 Å². The van der Waals surface area contributed by atoms with Crippen molar-refractivity contribution in [3.05, 3.63) is 22.7 Å². The van der Waals surface area contributed by atoms with E-state index in [1.807, 2.05) is 13.0 Å². The van der Waals surface area contributed by atoms with Crippen molar-refractivity contribution in [1.29, 1.82) is 0 Å². The largest absolute Gasteiger partial charge is 0.494 e. The molecule has 1 aromatic rings. The van der Waals surface area contributed by atoms with Crippen molar-refractivity contribution in [1.82, 2.24) is 5.32 Å². The molecule has 18 heavy (non-hydrogen) atoms. The molecule has 0 aliphatic carbocycles. The topological polar surface area (TPSA) is 50.4 Å². The monoisotopic (exact) mass is 268 g/mol. The molecule has 1 unspecified atom stereocenters. The number of halogens is 1. The number of ether oxygens (including phenoxy) is 1. The molecule has 1 aliphatic heterocycles. The van der Waals surface area contributed by atoms with Crippen LogP contribution in [0.3, 0.4) is 0 Å². The van der Waals surface area contributed by atoms with Crippen molar-refractivity contribution in [3.8, 4) is 5.75 Å². The number of nitrogens with one attached hydrogen (secondary N) is 2. The maximum absolute atomic E-state index is 12.0. The van der Waals surface area contributed by atoms with E-state index in [1.165, 1.54) is 0 Å². The second-order valence-electron chi connectivity index (χ2n) is 4.44. The van der Waals surface area contributed by atoms with Crippen molar-refractivity contribution in [2.45, 2.75) is 25.8 Å². The predicted molar refractivity (Wildman–Crippen MR) is 72.4 cm³/mol. The van der Waals surface area contributed by atoms with Gasteiger partial charge in [0.2, 0.25) is 5.91 Å². The molecule has 0 aromatic heterocycles. The van der Waals surface area contributed by atoms with Crippen LogP contribution in [0.1, 0.15) is 18.4 Å². The van der Waals surface area contributed by atoms with Crippen LogP contribution in [0.5, 0.6) is 5.75 Å². The number of hydrogen-bond acceptors (Lipinski definition) is 3. The van der Waals surface area contributed by atoms with E-state index in [2.05, 4.69) is 10.6 Å². The van der Waals surface area contributed by atoms with Crippen LogP contribution in [0.4, 0.5) is 5.69 Å². The lowest BCUT2D eigenvalue weighted by molar-refractivity contribution is -0.117. The third-order valence-corrected chi connectivity index (χ3v) is 3.30. The highest BCUT2D eigenvalue weighted by atomic mass is 35.5. The average Bonchev–Trinajstić information content (AvgIpc) is 2.81. The second-order valence-corrected chi connectivity index (χ2v) is 4.88. The van der Waals surface area contributed by atoms with Crippen molar-refractivity contribution in [2.24, 2.45) is 0 Å². The minimum absolute atomic E-state index is 0.0348. The van der Waals surface area contributed by atoms with E-state index in [0.29, 0.717) is 16.5 Å². The van der Waals surface area contributed by atoms with E-state index < -0.39 is 0 Å². The van der Waals surface area contributed by atoms with Crippen molar-refractivity contribution >= 4 is 23.2 Å². The zero-order valence-corrected chi connectivity index (χ0v) is 11.3. The molecule has 1 aliphatic rings. The van der Waals surface area contributed by atoms with Crippen molar-refractivity contribution in [3.63, 3.8) is 0 Å². The van der Waals surface area contributed by atoms with E-state index in [0.717, 1.165) is 24.9 Å². The minimum atomic E-state index is -0.117. The van der Waals surface area contributed by atoms with Crippen LogP contribution < -0.4 is 15.4 Å². The number of rotatable bonds is 3. The first-order chi connectivity index (χ1) is 8.61. The van der Waals surface area contributed by atoms with Crippen molar-refractivity contribution < 1.29 is 9.53 Å². The fourth-order valence-electron chi connectivity index (χ4n) is 2.22. The minimum Gasteiger partial charge on any atom is -0.494 e. The smallest absolute Gasteiger partial charge is 0.241 e. The molecule has 2 N–H and O–H groups in total. The van der Waals surface area contributed by atoms with Gasteiger partial charge in [0.25, 0.3) is 0 Å². The van der Waals surface area contributed by atoms with E-state index in [-0.39, 0.29) is 11.9 Å². The van der Waals surface area contributed by atoms with Gasteiger partial charge < -0.3 is 15.4 Å². The molecule has 0 bridgehead atoms. The molecule has 2 rings (SSSR count). The molecule has 1 aromatic carbocycles. The molecular weight excluding hydrogens is 252 g/mol. The SMILES string of the molecule is COc1c(C)cc(Cl)cc1NC(=O)C1CCCN1. The van der Waals surface area contributed by atoms with E-state index in [4.69, 9.17) is 16.3 Å². The summed E-state index contributed by atoms with van der Waals surface area (Å²) in [7, 11) is 1.58. The molecule has 1 fully saturated rings. The molecule has 4 nitrogen and oxygen atoms in total. The van der Waals surface area contributed by atoms with Crippen LogP contribution in [0.25, 0.3) is 0 Å². The number of methoxy groups -OCH3 is 1. The Kier molecular flexibility index (Phi) is 4.09. The highest BCUT2D eigenvalue weighted by Gasteiger charge is 2.23. The molecule has 1 saturated heterocycles. The van der Waals surface area contributed by atoms with Crippen LogP contribution in [0.2, 0.25) is 5.02 Å². The third kappa shape index (κ3) is 2.76. The summed E-state index contributed by atoms with van der Waals surface area (Å²) < 4.78 is 5.30. The van der Waals surface area contributed by atoms with Crippen LogP contribution >= 0.6 is 11.6 Å². The fraction of sp³-hybridized carbons (Fsp3) is 0.462. The Bertz CT molecular complexity index is 457. The summed E-state index contributed by atoms with van der Waals surface area (Å²) in [5.41, 5.74) is 1.53. The van der Waals surface area contributed by atoms with Gasteiger partial charge in [-0.3, -0.25) is 4.79 Å². The fourth-order valence-corrected chi connectivity index (χ4v) is 2.49. The Morgan fingerprint density at radius 1 is 1.56 bits per heavy atom. The number of benzene rings is 1. The Labute approximate surface area is 112 Å². The van der Waals surface area contributed by atoms with Gasteiger partial charge in [0, 0.05) is 5.02 Å². The zero-order chi connectivity index (χ0) is 13.1. The summed E-state index contributed by atoms with van der Waals surface area (Å²) >= 11 is 6.00. The summed E-state index contributed by atoms with van der Waals surface area (Å²) in [5, 5.41) is 6.62. The van der Waals surface area contributed by atoms with Gasteiger partial charge in [-0.1, -0.05) is 11.6 Å². The number of anilines is 1. The first-order valence-corrected chi connectivity index (χ1v) is 6.38. The lowest BCUT2D eigenvalue weighted by Crippen LogP contribution is -2.35. The summed E-state index contributed by atoms with van der Waals surface area (Å²) in [6, 6.07) is 3.40. The summed E-state index contributed by atoms with van der Waals surface area (Å²) in [6.45, 7) is 2.79. The normalized spacial score (nSPS) is 18.7. The number of amides is 1. The van der Waals surface area contributed by atoms with Crippen LogP contribution in [-0.2, 0) is 4.79 Å². The zero-order valence-electron chi connectivity index (χ0n) is 10.5. The molecule has 0 saturated carbocycles. The Hall–Kier alpha value is -1.26. The third-order valence-electron chi connectivity index (χ3n) is 3.08. The summed E-state index contributed by atoms with van der Waals surface area (Å²) in [5.74, 6) is 0.623. The molecule has 1 amide bonds. The van der Waals surface area contributed by atoms with Gasteiger partial charge in [0.05, 0.1) is 18.8 Å². The lowest BCUT2D eigenvalue weighted by atomic mass is 10.1. The number of carbonyl (C=O) groups excluding carboxylic acids is 1. The second kappa shape index (κ2) is 5.59. The molecule has 1 atom stereocenters. The standard InChI is InChI=1S/C13H17ClN2O2/c1-8-6-9(14)7-11(12(8)18-2)16-13(17)10-4-3-5-15-10/h6-7,10,15H,3-5H2,1-2H3,(H,16,17). The van der Waals surface area contributed by atoms with E-state index in [9.17, 15) is 4.79 Å². The van der Waals surface area contributed by atoms with Gasteiger partial charge in [0.15, 0.2) is 0 Å². The molecule has 0 radical (unpaired) electrons. The Morgan fingerprint density at radius 3 is 2.94 bits per heavy atom. The first-order valence-electron chi connectivity index (χ1n) is 6.00. The molecule has 98 valence electrons. The van der Waals surface area contributed by atoms with Crippen LogP contribution in [0.15, 0.2) is 12.1 Å². The van der Waals surface area contributed by atoms with Crippen LogP contribution in [0, 0.1) is 6.92 Å². The molecule has 5 heteroatoms. The Balaban J connectivity index is 2.19. The predicted octanol–water partition coefficient (Wildman–Crippen LogP) is 2.35. The van der Waals surface area contributed by atoms with E-state index >= 15 is 0 Å². The van der Waals surface area contributed by atoms with Gasteiger partial charge >= 0.3 is 0 Å². The molecular formula is C13H17ClN2O2. The van der Waals surface area contributed by atoms with E-state index in [1.54, 1.807) is 13.2 Å². The van der Waals surface area contributed by atoms with Gasteiger partial charge in [-0.05, 0) is 44.0 Å². The average molecular weight is 269 g/mol. The van der Waals surface area contributed by atoms with Crippen LogP contribution in [-0.4, -0.2) is 25.6 Å². The first kappa shape index (κ1) is 13.2. The van der Waals surface area contributed by atoms with Gasteiger partial charge in [-0.15, -0.1) is 0 Å². The molecule has 1 heterocycles. The highest BCUT2D eigenvalue weighted by Crippen LogP contribution is 2.32. The Morgan fingerprint density at radius 2 is 2.33 bits per heavy atom. The summed E-state index contributed by atoms with van der Waals surface area (Å²) in [4.78, 5) is 12.0.